The van der Waals surface area contributed by atoms with Crippen LogP contribution >= 0.6 is 0 Å². The highest BCUT2D eigenvalue weighted by atomic mass is 16.3. The van der Waals surface area contributed by atoms with E-state index in [0.29, 0.717) is 30.6 Å². The van der Waals surface area contributed by atoms with Gasteiger partial charge in [-0.1, -0.05) is 44.6 Å². The molecule has 6 atom stereocenters. The van der Waals surface area contributed by atoms with E-state index in [-0.39, 0.29) is 17.9 Å². The second kappa shape index (κ2) is 13.9. The minimum Gasteiger partial charge on any atom is -0.392 e. The first-order chi connectivity index (χ1) is 15.4. The molecule has 0 aromatic heterocycles. The molecule has 4 heteroatoms. The van der Waals surface area contributed by atoms with Gasteiger partial charge < -0.3 is 15.1 Å². The Morgan fingerprint density at radius 2 is 1.97 bits per heavy atom. The Morgan fingerprint density at radius 1 is 1.25 bits per heavy atom. The summed E-state index contributed by atoms with van der Waals surface area (Å²) in [4.78, 5) is 14.4. The van der Waals surface area contributed by atoms with Gasteiger partial charge >= 0.3 is 0 Å². The summed E-state index contributed by atoms with van der Waals surface area (Å²) in [6, 6.07) is 0. The Balaban J connectivity index is 1.83. The van der Waals surface area contributed by atoms with E-state index in [1.165, 1.54) is 5.57 Å². The van der Waals surface area contributed by atoms with Crippen LogP contribution in [-0.2, 0) is 4.79 Å². The first-order valence-electron chi connectivity index (χ1n) is 12.8. The predicted octanol–water partition coefficient (Wildman–Crippen LogP) is 5.11. The van der Waals surface area contributed by atoms with Gasteiger partial charge in [0, 0.05) is 31.8 Å². The number of fused-ring (bicyclic) bond motifs is 1. The summed E-state index contributed by atoms with van der Waals surface area (Å²) in [5.74, 6) is 7.44. The number of aliphatic hydroxyl groups excluding tert-OH is 2. The molecule has 2 aliphatic rings. The lowest BCUT2D eigenvalue weighted by Gasteiger charge is -2.21. The Hall–Kier alpha value is -1.57. The molecule has 0 aromatic carbocycles. The van der Waals surface area contributed by atoms with E-state index in [9.17, 15) is 15.0 Å². The minimum absolute atomic E-state index is 0.0976. The normalized spacial score (nSPS) is 27.9. The standard InChI is InChI=1S/C28H45NO3/c1-5-8-11-21(4)26(30)15-14-24-25-19-22(18-23(25)20-27(24)31)12-9-10-13-28(32)29(16-6-2)17-7-3/h12,14-15,21,23-27,30-31H,6-7,9-11,13,16-20H2,1-4H3/b15-14+,22-12+/t21-,23+,24-,25+,26-,27-/m1/s1. The zero-order valence-electron chi connectivity index (χ0n) is 20.7. The second-order valence-corrected chi connectivity index (χ2v) is 9.83. The number of nitrogens with zero attached hydrogens (tertiary/aromatic N) is 1. The molecule has 4 nitrogen and oxygen atoms in total. The number of carbonyl (C=O) groups excluding carboxylic acids is 1. The quantitative estimate of drug-likeness (QED) is 0.250. The predicted molar refractivity (Wildman–Crippen MR) is 132 cm³/mol. The topological polar surface area (TPSA) is 60.8 Å². The van der Waals surface area contributed by atoms with Crippen LogP contribution in [0.25, 0.3) is 0 Å². The molecule has 0 aromatic rings. The first-order valence-corrected chi connectivity index (χ1v) is 12.8. The molecule has 180 valence electrons. The van der Waals surface area contributed by atoms with E-state index in [4.69, 9.17) is 0 Å². The van der Waals surface area contributed by atoms with Crippen LogP contribution in [0.4, 0.5) is 0 Å². The third kappa shape index (κ3) is 7.78. The van der Waals surface area contributed by atoms with Gasteiger partial charge in [0.15, 0.2) is 0 Å². The van der Waals surface area contributed by atoms with E-state index >= 15 is 0 Å². The molecule has 32 heavy (non-hydrogen) atoms. The Bertz CT molecular complexity index is 695. The van der Waals surface area contributed by atoms with Crippen LogP contribution in [0.15, 0.2) is 23.8 Å². The van der Waals surface area contributed by atoms with Crippen LogP contribution in [0.2, 0.25) is 0 Å². The van der Waals surface area contributed by atoms with Gasteiger partial charge in [0.1, 0.15) is 0 Å². The van der Waals surface area contributed by atoms with Crippen molar-refractivity contribution in [2.24, 2.45) is 23.7 Å². The highest BCUT2D eigenvalue weighted by Crippen LogP contribution is 2.50. The molecule has 2 rings (SSSR count). The number of hydrogen-bond acceptors (Lipinski definition) is 3. The Kier molecular flexibility index (Phi) is 11.6. The molecule has 0 radical (unpaired) electrons. The summed E-state index contributed by atoms with van der Waals surface area (Å²) in [6.45, 7) is 9.82. The second-order valence-electron chi connectivity index (χ2n) is 9.83. The average Bonchev–Trinajstić information content (AvgIpc) is 3.29. The van der Waals surface area contributed by atoms with Gasteiger partial charge in [0.05, 0.1) is 12.2 Å². The lowest BCUT2D eigenvalue weighted by Crippen LogP contribution is -2.32. The molecule has 0 bridgehead atoms. The van der Waals surface area contributed by atoms with Crippen molar-refractivity contribution >= 4 is 5.91 Å². The Morgan fingerprint density at radius 3 is 2.62 bits per heavy atom. The maximum atomic E-state index is 12.4. The lowest BCUT2D eigenvalue weighted by atomic mass is 9.89. The number of allylic oxidation sites excluding steroid dienone is 2. The molecule has 2 aliphatic carbocycles. The number of carbonyl (C=O) groups is 1. The van der Waals surface area contributed by atoms with Crippen LogP contribution in [0, 0.1) is 35.5 Å². The molecular weight excluding hydrogens is 398 g/mol. The molecular formula is C28H45NO3. The highest BCUT2D eigenvalue weighted by molar-refractivity contribution is 5.76. The zero-order chi connectivity index (χ0) is 23.5. The fraction of sp³-hybridized carbons (Fsp3) is 0.750. The van der Waals surface area contributed by atoms with Crippen molar-refractivity contribution in [3.05, 3.63) is 23.8 Å². The van der Waals surface area contributed by atoms with Gasteiger partial charge in [-0.15, -0.1) is 11.8 Å². The molecule has 0 heterocycles. The first kappa shape index (κ1) is 26.7. The molecule has 0 aliphatic heterocycles. The Labute approximate surface area is 196 Å². The van der Waals surface area contributed by atoms with Gasteiger partial charge in [-0.2, -0.15) is 0 Å². The summed E-state index contributed by atoms with van der Waals surface area (Å²) >= 11 is 0. The smallest absolute Gasteiger partial charge is 0.222 e. The molecule has 1 amide bonds. The minimum atomic E-state index is -0.518. The van der Waals surface area contributed by atoms with Crippen molar-refractivity contribution in [1.29, 1.82) is 0 Å². The highest BCUT2D eigenvalue weighted by Gasteiger charge is 2.44. The maximum absolute atomic E-state index is 12.4. The summed E-state index contributed by atoms with van der Waals surface area (Å²) < 4.78 is 0. The number of rotatable bonds is 12. The van der Waals surface area contributed by atoms with Gasteiger partial charge in [0.25, 0.3) is 0 Å². The van der Waals surface area contributed by atoms with Gasteiger partial charge in [0.2, 0.25) is 5.91 Å². The maximum Gasteiger partial charge on any atom is 0.222 e. The van der Waals surface area contributed by atoms with Crippen LogP contribution in [-0.4, -0.2) is 46.3 Å². The van der Waals surface area contributed by atoms with Crippen LogP contribution in [0.5, 0.6) is 0 Å². The van der Waals surface area contributed by atoms with Crippen molar-refractivity contribution in [1.82, 2.24) is 4.90 Å². The number of unbranched alkanes of at least 4 members (excludes halogenated alkanes) is 1. The summed E-state index contributed by atoms with van der Waals surface area (Å²) in [6.07, 6.45) is 13.7. The molecule has 0 unspecified atom stereocenters. The third-order valence-electron chi connectivity index (χ3n) is 7.19. The fourth-order valence-corrected chi connectivity index (χ4v) is 5.37. The van der Waals surface area contributed by atoms with Crippen molar-refractivity contribution in [3.63, 3.8) is 0 Å². The summed E-state index contributed by atoms with van der Waals surface area (Å²) in [5, 5.41) is 21.0. The number of amides is 1. The molecule has 2 fully saturated rings. The monoisotopic (exact) mass is 443 g/mol. The van der Waals surface area contributed by atoms with Crippen LogP contribution in [0.3, 0.4) is 0 Å². The van der Waals surface area contributed by atoms with E-state index in [2.05, 4.69) is 37.8 Å². The van der Waals surface area contributed by atoms with E-state index in [1.54, 1.807) is 0 Å². The van der Waals surface area contributed by atoms with E-state index in [1.807, 2.05) is 24.8 Å². The van der Waals surface area contributed by atoms with Crippen molar-refractivity contribution in [2.75, 3.05) is 13.1 Å². The molecule has 2 N–H and O–H groups in total. The van der Waals surface area contributed by atoms with Gasteiger partial charge in [-0.05, 0) is 69.6 Å². The largest absolute Gasteiger partial charge is 0.392 e. The molecule has 0 saturated heterocycles. The fourth-order valence-electron chi connectivity index (χ4n) is 5.37. The SMILES string of the molecule is CC#CC[C@@H](C)[C@H](O)/C=C/[C@@H]1[C@H]2C/C(=C/CCCC(=O)N(CCC)CCC)C[C@H]2C[C@H]1O. The molecule has 0 spiro atoms. The molecule has 2 saturated carbocycles. The number of aliphatic hydroxyl groups is 2. The lowest BCUT2D eigenvalue weighted by molar-refractivity contribution is -0.131. The van der Waals surface area contributed by atoms with Crippen LogP contribution in [0.1, 0.15) is 85.5 Å². The van der Waals surface area contributed by atoms with E-state index < -0.39 is 6.10 Å². The van der Waals surface area contributed by atoms with Gasteiger partial charge in [-0.25, -0.2) is 0 Å². The van der Waals surface area contributed by atoms with Crippen LogP contribution < -0.4 is 0 Å². The van der Waals surface area contributed by atoms with Gasteiger partial charge in [-0.3, -0.25) is 4.79 Å². The summed E-state index contributed by atoms with van der Waals surface area (Å²) in [5.41, 5.74) is 1.49. The van der Waals surface area contributed by atoms with E-state index in [0.717, 1.165) is 58.0 Å². The van der Waals surface area contributed by atoms with Crippen molar-refractivity contribution in [3.8, 4) is 11.8 Å². The average molecular weight is 444 g/mol. The summed E-state index contributed by atoms with van der Waals surface area (Å²) in [7, 11) is 0. The van der Waals surface area contributed by atoms with Crippen molar-refractivity contribution < 1.29 is 15.0 Å². The zero-order valence-corrected chi connectivity index (χ0v) is 20.7. The number of hydrogen-bond donors (Lipinski definition) is 2. The van der Waals surface area contributed by atoms with Crippen molar-refractivity contribution in [2.45, 2.75) is 97.7 Å². The third-order valence-corrected chi connectivity index (χ3v) is 7.19.